The number of aliphatic hydroxyl groups is 1. The number of aliphatic hydroxyl groups excluding tert-OH is 1. The third-order valence-electron chi connectivity index (χ3n) is 4.18. The molecule has 0 bridgehead atoms. The smallest absolute Gasteiger partial charge is 0.142 e. The number of halogens is 2. The van der Waals surface area contributed by atoms with Crippen LogP contribution in [0.2, 0.25) is 0 Å². The Labute approximate surface area is 146 Å². The van der Waals surface area contributed by atoms with Gasteiger partial charge in [-0.15, -0.1) is 0 Å². The van der Waals surface area contributed by atoms with Crippen molar-refractivity contribution in [2.75, 3.05) is 6.26 Å². The molecule has 2 unspecified atom stereocenters. The van der Waals surface area contributed by atoms with Gasteiger partial charge in [-0.1, -0.05) is 0 Å². The molecular weight excluding hydrogens is 348 g/mol. The van der Waals surface area contributed by atoms with Crippen molar-refractivity contribution in [1.29, 1.82) is 5.26 Å². The minimum absolute atomic E-state index is 0.0890. The summed E-state index contributed by atoms with van der Waals surface area (Å²) >= 11 is 0. The van der Waals surface area contributed by atoms with Crippen molar-refractivity contribution in [2.45, 2.75) is 30.0 Å². The van der Waals surface area contributed by atoms with Crippen molar-refractivity contribution in [2.24, 2.45) is 0 Å². The van der Waals surface area contributed by atoms with Crippen LogP contribution >= 0.6 is 0 Å². The molecule has 0 amide bonds. The van der Waals surface area contributed by atoms with Gasteiger partial charge in [-0.25, -0.2) is 8.78 Å². The van der Waals surface area contributed by atoms with Gasteiger partial charge in [-0.05, 0) is 31.2 Å². The number of nitrogens with zero attached hydrogens (tertiary/aromatic N) is 1. The van der Waals surface area contributed by atoms with Gasteiger partial charge in [0.1, 0.15) is 29.1 Å². The summed E-state index contributed by atoms with van der Waals surface area (Å²) in [4.78, 5) is 0.341. The van der Waals surface area contributed by atoms with Crippen LogP contribution in [0.5, 0.6) is 11.5 Å². The predicted molar refractivity (Wildman–Crippen MR) is 88.1 cm³/mol. The molecule has 7 heteroatoms. The Balaban J connectivity index is 2.10. The van der Waals surface area contributed by atoms with Crippen LogP contribution in [0.15, 0.2) is 35.2 Å². The normalized spacial score (nSPS) is 23.0. The lowest BCUT2D eigenvalue weighted by Crippen LogP contribution is -2.23. The zero-order chi connectivity index (χ0) is 18.4. The molecule has 3 atom stereocenters. The molecule has 0 aliphatic heterocycles. The molecule has 1 aliphatic carbocycles. The number of hydrogen-bond donors (Lipinski definition) is 1. The number of alkyl halides is 1. The summed E-state index contributed by atoms with van der Waals surface area (Å²) in [5, 5.41) is 19.2. The lowest BCUT2D eigenvalue weighted by molar-refractivity contribution is 0.0166. The van der Waals surface area contributed by atoms with Crippen molar-refractivity contribution >= 4 is 10.8 Å². The fourth-order valence-electron chi connectivity index (χ4n) is 3.01. The maximum Gasteiger partial charge on any atom is 0.142 e. The molecule has 4 nitrogen and oxygen atoms in total. The van der Waals surface area contributed by atoms with Crippen LogP contribution in [-0.2, 0) is 17.2 Å². The number of rotatable bonds is 3. The topological polar surface area (TPSA) is 70.3 Å². The first-order valence-corrected chi connectivity index (χ1v) is 9.03. The first-order valence-electron chi connectivity index (χ1n) is 7.47. The van der Waals surface area contributed by atoms with E-state index in [1.165, 1.54) is 31.4 Å². The number of fused-ring (bicyclic) bond motifs is 1. The van der Waals surface area contributed by atoms with Gasteiger partial charge in [0.15, 0.2) is 0 Å². The summed E-state index contributed by atoms with van der Waals surface area (Å²) in [5.74, 6) is -0.308. The van der Waals surface area contributed by atoms with Gasteiger partial charge >= 0.3 is 0 Å². The van der Waals surface area contributed by atoms with Gasteiger partial charge in [-0.3, -0.25) is 4.21 Å². The fraction of sp³-hybridized carbons (Fsp3) is 0.278. The van der Waals surface area contributed by atoms with Crippen LogP contribution in [0.25, 0.3) is 0 Å². The Kier molecular flexibility index (Phi) is 4.35. The molecule has 130 valence electrons. The van der Waals surface area contributed by atoms with Crippen molar-refractivity contribution < 1.29 is 22.8 Å². The van der Waals surface area contributed by atoms with E-state index in [9.17, 15) is 18.1 Å². The molecule has 3 rings (SSSR count). The summed E-state index contributed by atoms with van der Waals surface area (Å²) in [5.41, 5.74) is -1.18. The molecule has 0 aromatic heterocycles. The molecular formula is C18H15F2NO3S. The highest BCUT2D eigenvalue weighted by Gasteiger charge is 2.45. The van der Waals surface area contributed by atoms with Crippen molar-refractivity contribution in [3.8, 4) is 17.6 Å². The third kappa shape index (κ3) is 3.15. The second kappa shape index (κ2) is 6.21. The van der Waals surface area contributed by atoms with Crippen molar-refractivity contribution in [1.82, 2.24) is 0 Å². The van der Waals surface area contributed by atoms with E-state index >= 15 is 0 Å². The van der Waals surface area contributed by atoms with E-state index < -0.39 is 28.4 Å². The zero-order valence-electron chi connectivity index (χ0n) is 13.5. The van der Waals surface area contributed by atoms with E-state index in [0.717, 1.165) is 12.1 Å². The second-order valence-electron chi connectivity index (χ2n) is 6.16. The van der Waals surface area contributed by atoms with E-state index in [2.05, 4.69) is 0 Å². The molecule has 25 heavy (non-hydrogen) atoms. The maximum atomic E-state index is 14.6. The molecule has 1 N–H and O–H groups in total. The minimum Gasteiger partial charge on any atom is -0.457 e. The monoisotopic (exact) mass is 363 g/mol. The van der Waals surface area contributed by atoms with Gasteiger partial charge < -0.3 is 9.84 Å². The van der Waals surface area contributed by atoms with E-state index in [1.54, 1.807) is 0 Å². The van der Waals surface area contributed by atoms with Crippen LogP contribution in [0, 0.1) is 17.1 Å². The lowest BCUT2D eigenvalue weighted by atomic mass is 10.0. The Morgan fingerprint density at radius 2 is 2.12 bits per heavy atom. The predicted octanol–water partition coefficient (Wildman–Crippen LogP) is 3.54. The van der Waals surface area contributed by atoms with E-state index in [1.807, 2.05) is 6.07 Å². The molecule has 1 aliphatic rings. The number of benzene rings is 2. The largest absolute Gasteiger partial charge is 0.457 e. The zero-order valence-corrected chi connectivity index (χ0v) is 14.4. The minimum atomic E-state index is -1.92. The van der Waals surface area contributed by atoms with Gasteiger partial charge in [0.05, 0.1) is 22.4 Å². The average Bonchev–Trinajstić information content (AvgIpc) is 2.78. The van der Waals surface area contributed by atoms with Crippen molar-refractivity contribution in [3.05, 3.63) is 52.8 Å². The van der Waals surface area contributed by atoms with Gasteiger partial charge in [0.25, 0.3) is 0 Å². The highest BCUT2D eigenvalue weighted by atomic mass is 32.2. The molecule has 0 saturated heterocycles. The highest BCUT2D eigenvalue weighted by Crippen LogP contribution is 2.48. The summed E-state index contributed by atoms with van der Waals surface area (Å²) in [6.45, 7) is 1.26. The van der Waals surface area contributed by atoms with Gasteiger partial charge in [0, 0.05) is 34.8 Å². The lowest BCUT2D eigenvalue weighted by Gasteiger charge is -2.18. The van der Waals surface area contributed by atoms with Crippen LogP contribution in [0.3, 0.4) is 0 Å². The number of nitriles is 1. The average molecular weight is 363 g/mol. The standard InChI is InChI=1S/C18H15F2NO3S/c1-18(20)8-13-14(3-4-15(25(2)23)16(13)17(18)22)24-12-6-10(9-21)5-11(19)7-12/h3-7,17,22H,8H2,1-2H3/t17?,18-,25?/m1/s1. The second-order valence-corrected chi connectivity index (χ2v) is 7.50. The molecule has 0 fully saturated rings. The molecule has 0 radical (unpaired) electrons. The van der Waals surface area contributed by atoms with Crippen LogP contribution in [-0.4, -0.2) is 21.2 Å². The van der Waals surface area contributed by atoms with Crippen LogP contribution < -0.4 is 4.74 Å². The Bertz CT molecular complexity index is 921. The number of ether oxygens (including phenoxy) is 1. The molecule has 0 spiro atoms. The molecule has 0 heterocycles. The first-order chi connectivity index (χ1) is 11.7. The Morgan fingerprint density at radius 1 is 1.40 bits per heavy atom. The fourth-order valence-corrected chi connectivity index (χ4v) is 3.81. The summed E-state index contributed by atoms with van der Waals surface area (Å²) in [7, 11) is -1.41. The third-order valence-corrected chi connectivity index (χ3v) is 5.15. The van der Waals surface area contributed by atoms with Crippen LogP contribution in [0.1, 0.15) is 29.7 Å². The summed E-state index contributed by atoms with van der Waals surface area (Å²) in [6.07, 6.45) is -0.0977. The quantitative estimate of drug-likeness (QED) is 0.905. The SMILES string of the molecule is CS(=O)c1ccc(Oc2cc(F)cc(C#N)c2)c2c1C(O)[C@](C)(F)C2. The van der Waals surface area contributed by atoms with Gasteiger partial charge in [0.2, 0.25) is 0 Å². The van der Waals surface area contributed by atoms with Gasteiger partial charge in [-0.2, -0.15) is 5.26 Å². The molecule has 2 aromatic carbocycles. The Morgan fingerprint density at radius 3 is 2.76 bits per heavy atom. The van der Waals surface area contributed by atoms with E-state index in [4.69, 9.17) is 10.00 Å². The molecule has 2 aromatic rings. The summed E-state index contributed by atoms with van der Waals surface area (Å²) < 4.78 is 45.8. The van der Waals surface area contributed by atoms with E-state index in [0.29, 0.717) is 10.5 Å². The number of hydrogen-bond acceptors (Lipinski definition) is 4. The summed E-state index contributed by atoms with van der Waals surface area (Å²) in [6, 6.07) is 8.39. The molecule has 0 saturated carbocycles. The first kappa shape index (κ1) is 17.5. The van der Waals surface area contributed by atoms with E-state index in [-0.39, 0.29) is 29.0 Å². The maximum absolute atomic E-state index is 14.6. The Hall–Kier alpha value is -2.30. The van der Waals surface area contributed by atoms with Crippen LogP contribution in [0.4, 0.5) is 8.78 Å². The van der Waals surface area contributed by atoms with Crippen molar-refractivity contribution in [3.63, 3.8) is 0 Å². The highest BCUT2D eigenvalue weighted by molar-refractivity contribution is 7.84.